The predicted molar refractivity (Wildman–Crippen MR) is 46.7 cm³/mol. The van der Waals surface area contributed by atoms with Crippen LogP contribution in [0, 0.1) is 0 Å². The Morgan fingerprint density at radius 3 is 2.36 bits per heavy atom. The zero-order valence-corrected chi connectivity index (χ0v) is 7.81. The molecule has 0 amide bonds. The SMILES string of the molecule is CC.CC1CNC2(CC2)CO1. The maximum atomic E-state index is 5.49. The molecule has 0 aromatic heterocycles. The van der Waals surface area contributed by atoms with Gasteiger partial charge in [-0.2, -0.15) is 0 Å². The first-order chi connectivity index (χ1) is 5.31. The van der Waals surface area contributed by atoms with Gasteiger partial charge in [0, 0.05) is 12.1 Å². The summed E-state index contributed by atoms with van der Waals surface area (Å²) in [6.07, 6.45) is 3.07. The van der Waals surface area contributed by atoms with Crippen molar-refractivity contribution in [2.75, 3.05) is 13.2 Å². The van der Waals surface area contributed by atoms with E-state index in [1.807, 2.05) is 13.8 Å². The van der Waals surface area contributed by atoms with Gasteiger partial charge in [0.1, 0.15) is 0 Å². The molecule has 0 aromatic rings. The average molecular weight is 157 g/mol. The zero-order chi connectivity index (χ0) is 8.32. The molecule has 1 aliphatic heterocycles. The van der Waals surface area contributed by atoms with Crippen LogP contribution in [0.25, 0.3) is 0 Å². The van der Waals surface area contributed by atoms with Crippen molar-refractivity contribution in [1.29, 1.82) is 0 Å². The summed E-state index contributed by atoms with van der Waals surface area (Å²) in [4.78, 5) is 0. The van der Waals surface area contributed by atoms with Crippen LogP contribution in [0.2, 0.25) is 0 Å². The monoisotopic (exact) mass is 157 g/mol. The van der Waals surface area contributed by atoms with Gasteiger partial charge in [-0.25, -0.2) is 0 Å². The second kappa shape index (κ2) is 3.55. The van der Waals surface area contributed by atoms with Crippen LogP contribution in [0.1, 0.15) is 33.6 Å². The van der Waals surface area contributed by atoms with Crippen LogP contribution in [0.5, 0.6) is 0 Å². The molecule has 2 heteroatoms. The minimum Gasteiger partial charge on any atom is -0.375 e. The van der Waals surface area contributed by atoms with Crippen molar-refractivity contribution < 1.29 is 4.74 Å². The van der Waals surface area contributed by atoms with Crippen LogP contribution >= 0.6 is 0 Å². The zero-order valence-electron chi connectivity index (χ0n) is 7.81. The fraction of sp³-hybridized carbons (Fsp3) is 1.00. The first-order valence-electron chi connectivity index (χ1n) is 4.67. The summed E-state index contributed by atoms with van der Waals surface area (Å²) in [5.74, 6) is 0. The highest BCUT2D eigenvalue weighted by Crippen LogP contribution is 2.37. The lowest BCUT2D eigenvalue weighted by Gasteiger charge is -2.27. The van der Waals surface area contributed by atoms with Gasteiger partial charge in [0.25, 0.3) is 0 Å². The molecule has 2 aliphatic rings. The molecule has 11 heavy (non-hydrogen) atoms. The van der Waals surface area contributed by atoms with Gasteiger partial charge in [-0.3, -0.25) is 0 Å². The maximum Gasteiger partial charge on any atom is 0.0672 e. The third-order valence-electron chi connectivity index (χ3n) is 2.26. The van der Waals surface area contributed by atoms with Gasteiger partial charge in [0.15, 0.2) is 0 Å². The highest BCUT2D eigenvalue weighted by molar-refractivity contribution is 5.04. The van der Waals surface area contributed by atoms with E-state index in [1.165, 1.54) is 12.8 Å². The summed E-state index contributed by atoms with van der Waals surface area (Å²) in [7, 11) is 0. The fourth-order valence-corrected chi connectivity index (χ4v) is 1.24. The van der Waals surface area contributed by atoms with Gasteiger partial charge < -0.3 is 10.1 Å². The molecule has 0 radical (unpaired) electrons. The summed E-state index contributed by atoms with van der Waals surface area (Å²) >= 11 is 0. The minimum absolute atomic E-state index is 0.427. The van der Waals surface area contributed by atoms with Gasteiger partial charge in [-0.05, 0) is 19.8 Å². The molecule has 1 unspecified atom stereocenters. The molecule has 1 heterocycles. The lowest BCUT2D eigenvalue weighted by Crippen LogP contribution is -2.47. The molecule has 0 aromatic carbocycles. The number of ether oxygens (including phenoxy) is 1. The third-order valence-corrected chi connectivity index (χ3v) is 2.26. The molecule has 2 fully saturated rings. The fourth-order valence-electron chi connectivity index (χ4n) is 1.24. The van der Waals surface area contributed by atoms with Crippen molar-refractivity contribution in [1.82, 2.24) is 5.32 Å². The number of nitrogens with one attached hydrogen (secondary N) is 1. The second-order valence-corrected chi connectivity index (χ2v) is 3.28. The molecule has 1 spiro atoms. The van der Waals surface area contributed by atoms with Gasteiger partial charge in [-0.1, -0.05) is 13.8 Å². The normalized spacial score (nSPS) is 32.5. The minimum atomic E-state index is 0.427. The molecule has 0 bridgehead atoms. The Bertz CT molecular complexity index is 111. The highest BCUT2D eigenvalue weighted by atomic mass is 16.5. The van der Waals surface area contributed by atoms with Gasteiger partial charge in [0.05, 0.1) is 12.7 Å². The molecular formula is C9H19NO. The molecule has 1 N–H and O–H groups in total. The van der Waals surface area contributed by atoms with Crippen molar-refractivity contribution in [3.05, 3.63) is 0 Å². The number of hydrogen-bond donors (Lipinski definition) is 1. The maximum absolute atomic E-state index is 5.49. The summed E-state index contributed by atoms with van der Waals surface area (Å²) in [6.45, 7) is 8.09. The van der Waals surface area contributed by atoms with Gasteiger partial charge in [-0.15, -0.1) is 0 Å². The van der Waals surface area contributed by atoms with E-state index in [0.717, 1.165) is 13.2 Å². The van der Waals surface area contributed by atoms with Crippen LogP contribution in [0.4, 0.5) is 0 Å². The largest absolute Gasteiger partial charge is 0.375 e. The van der Waals surface area contributed by atoms with E-state index in [2.05, 4.69) is 12.2 Å². The Morgan fingerprint density at radius 1 is 1.36 bits per heavy atom. The van der Waals surface area contributed by atoms with Crippen LogP contribution in [0.15, 0.2) is 0 Å². The molecule has 1 saturated heterocycles. The molecule has 66 valence electrons. The Hall–Kier alpha value is -0.0800. The van der Waals surface area contributed by atoms with E-state index in [9.17, 15) is 0 Å². The first-order valence-corrected chi connectivity index (χ1v) is 4.67. The molecular weight excluding hydrogens is 138 g/mol. The van der Waals surface area contributed by atoms with E-state index >= 15 is 0 Å². The Balaban J connectivity index is 0.000000281. The summed E-state index contributed by atoms with van der Waals surface area (Å²) in [5, 5.41) is 3.49. The summed E-state index contributed by atoms with van der Waals surface area (Å²) in [5.41, 5.74) is 0.437. The van der Waals surface area contributed by atoms with E-state index in [1.54, 1.807) is 0 Å². The number of hydrogen-bond acceptors (Lipinski definition) is 2. The van der Waals surface area contributed by atoms with Crippen LogP contribution in [-0.4, -0.2) is 24.8 Å². The van der Waals surface area contributed by atoms with Crippen LogP contribution in [0.3, 0.4) is 0 Å². The van der Waals surface area contributed by atoms with Gasteiger partial charge >= 0.3 is 0 Å². The van der Waals surface area contributed by atoms with E-state index in [-0.39, 0.29) is 0 Å². The number of rotatable bonds is 0. The van der Waals surface area contributed by atoms with Gasteiger partial charge in [0.2, 0.25) is 0 Å². The molecule has 1 saturated carbocycles. The number of morpholine rings is 1. The van der Waals surface area contributed by atoms with Crippen molar-refractivity contribution in [3.63, 3.8) is 0 Å². The lowest BCUT2D eigenvalue weighted by molar-refractivity contribution is 0.00795. The van der Waals surface area contributed by atoms with Crippen LogP contribution < -0.4 is 5.32 Å². The van der Waals surface area contributed by atoms with Crippen molar-refractivity contribution >= 4 is 0 Å². The Labute approximate surface area is 69.3 Å². The van der Waals surface area contributed by atoms with E-state index in [0.29, 0.717) is 11.6 Å². The molecule has 2 rings (SSSR count). The standard InChI is InChI=1S/C7H13NO.C2H6/c1-6-4-8-7(2-3-7)5-9-6;1-2/h6,8H,2-5H2,1H3;1-2H3. The summed E-state index contributed by atoms with van der Waals surface area (Å²) < 4.78 is 5.49. The Kier molecular flexibility index (Phi) is 2.90. The third kappa shape index (κ3) is 2.17. The van der Waals surface area contributed by atoms with E-state index < -0.39 is 0 Å². The van der Waals surface area contributed by atoms with Crippen molar-refractivity contribution in [2.24, 2.45) is 0 Å². The quantitative estimate of drug-likeness (QED) is 0.576. The highest BCUT2D eigenvalue weighted by Gasteiger charge is 2.44. The topological polar surface area (TPSA) is 21.3 Å². The van der Waals surface area contributed by atoms with E-state index in [4.69, 9.17) is 4.74 Å². The smallest absolute Gasteiger partial charge is 0.0672 e. The average Bonchev–Trinajstić information content (AvgIpc) is 2.81. The molecule has 2 nitrogen and oxygen atoms in total. The van der Waals surface area contributed by atoms with Crippen molar-refractivity contribution in [2.45, 2.75) is 45.3 Å². The second-order valence-electron chi connectivity index (χ2n) is 3.28. The lowest BCUT2D eigenvalue weighted by atomic mass is 10.2. The first kappa shape index (κ1) is 9.01. The Morgan fingerprint density at radius 2 is 2.00 bits per heavy atom. The predicted octanol–water partition coefficient (Wildman–Crippen LogP) is 1.55. The summed E-state index contributed by atoms with van der Waals surface area (Å²) in [6, 6.07) is 0. The van der Waals surface area contributed by atoms with Crippen molar-refractivity contribution in [3.8, 4) is 0 Å². The van der Waals surface area contributed by atoms with Crippen LogP contribution in [-0.2, 0) is 4.74 Å². The molecule has 1 atom stereocenters. The molecule has 1 aliphatic carbocycles.